The molecule has 1 fully saturated rings. The molecule has 8 nitrogen and oxygen atoms in total. The molecule has 0 aliphatic carbocycles. The number of amides is 2. The predicted molar refractivity (Wildman–Crippen MR) is 128 cm³/mol. The molecule has 2 atom stereocenters. The molecule has 0 saturated carbocycles. The summed E-state index contributed by atoms with van der Waals surface area (Å²) in [5, 5.41) is 0.175. The molecule has 2 aromatic carbocycles. The number of nitrogens with two attached hydrogens (primary N) is 1. The Morgan fingerprint density at radius 2 is 1.80 bits per heavy atom. The lowest BCUT2D eigenvalue weighted by atomic mass is 9.89. The molecule has 2 aliphatic heterocycles. The van der Waals surface area contributed by atoms with Gasteiger partial charge < -0.3 is 20.3 Å². The van der Waals surface area contributed by atoms with Crippen molar-refractivity contribution < 1.29 is 28.3 Å². The van der Waals surface area contributed by atoms with E-state index in [-0.39, 0.29) is 35.7 Å². The quantitative estimate of drug-likeness (QED) is 0.391. The van der Waals surface area contributed by atoms with E-state index < -0.39 is 41.3 Å². The van der Waals surface area contributed by atoms with Crippen LogP contribution in [-0.2, 0) is 19.1 Å². The second kappa shape index (κ2) is 10.0. The van der Waals surface area contributed by atoms with Crippen molar-refractivity contribution in [3.05, 3.63) is 58.4 Å². The smallest absolute Gasteiger partial charge is 0.328 e. The van der Waals surface area contributed by atoms with E-state index in [0.29, 0.717) is 30.6 Å². The fourth-order valence-corrected chi connectivity index (χ4v) is 5.06. The van der Waals surface area contributed by atoms with Gasteiger partial charge in [-0.25, -0.2) is 9.18 Å². The molecule has 2 aromatic rings. The maximum Gasteiger partial charge on any atom is 0.328 e. The van der Waals surface area contributed by atoms with Crippen molar-refractivity contribution in [1.29, 1.82) is 0 Å². The maximum atomic E-state index is 14.3. The Labute approximate surface area is 206 Å². The Morgan fingerprint density at radius 1 is 1.06 bits per heavy atom. The van der Waals surface area contributed by atoms with E-state index in [1.807, 2.05) is 0 Å². The highest BCUT2D eigenvalue weighted by atomic mass is 35.5. The van der Waals surface area contributed by atoms with Gasteiger partial charge in [0.15, 0.2) is 0 Å². The molecular formula is C25H25ClFN3O5. The normalized spacial score (nSPS) is 19.6. The number of nitrogens with zero attached hydrogens (tertiary/aromatic N) is 2. The Bertz CT molecular complexity index is 1200. The van der Waals surface area contributed by atoms with E-state index in [9.17, 15) is 23.6 Å². The summed E-state index contributed by atoms with van der Waals surface area (Å²) in [6.07, 6.45) is 1.60. The third-order valence-electron chi connectivity index (χ3n) is 6.51. The third kappa shape index (κ3) is 4.73. The zero-order chi connectivity index (χ0) is 25.3. The molecule has 0 aromatic heterocycles. The number of hydrogen-bond donors (Lipinski definition) is 1. The number of carbonyl (C=O) groups is 4. The number of benzene rings is 2. The molecule has 2 heterocycles. The van der Waals surface area contributed by atoms with E-state index in [1.54, 1.807) is 6.07 Å². The van der Waals surface area contributed by atoms with Crippen LogP contribution >= 0.6 is 11.6 Å². The van der Waals surface area contributed by atoms with Crippen molar-refractivity contribution in [3.8, 4) is 0 Å². The summed E-state index contributed by atoms with van der Waals surface area (Å²) in [5.74, 6) is -4.11. The average Bonchev–Trinajstić information content (AvgIpc) is 3.25. The first-order chi connectivity index (χ1) is 16.7. The monoisotopic (exact) mass is 501 g/mol. The summed E-state index contributed by atoms with van der Waals surface area (Å²) in [6, 6.07) is 7.53. The molecular weight excluding hydrogens is 477 g/mol. The minimum atomic E-state index is -0.966. The highest BCUT2D eigenvalue weighted by Crippen LogP contribution is 2.38. The van der Waals surface area contributed by atoms with Crippen LogP contribution in [0.1, 0.15) is 47.5 Å². The molecule has 2 aliphatic rings. The highest BCUT2D eigenvalue weighted by Gasteiger charge is 2.41. The van der Waals surface area contributed by atoms with E-state index in [1.165, 1.54) is 47.2 Å². The number of esters is 1. The topological polar surface area (TPSA) is 110 Å². The Kier molecular flexibility index (Phi) is 7.07. The second-order valence-corrected chi connectivity index (χ2v) is 9.05. The molecule has 1 saturated heterocycles. The van der Waals surface area contributed by atoms with Crippen LogP contribution in [0.25, 0.3) is 0 Å². The SMILES string of the molecule is COC(=O)[C@@H]1CCCN1C(=O)C(=O)C1CCCN(C(=O)c2ccc(N)cc2Cl)c2ccc(F)cc21. The second-order valence-electron chi connectivity index (χ2n) is 8.64. The number of likely N-dealkylation sites (tertiary alicyclic amines) is 1. The van der Waals surface area contributed by atoms with Gasteiger partial charge in [0.25, 0.3) is 11.8 Å². The number of anilines is 2. The number of fused-ring (bicyclic) bond motifs is 1. The number of nitrogen functional groups attached to an aromatic ring is 1. The number of rotatable bonds is 4. The molecule has 2 N–H and O–H groups in total. The van der Waals surface area contributed by atoms with Crippen molar-refractivity contribution in [2.45, 2.75) is 37.6 Å². The Hall–Kier alpha value is -3.46. The van der Waals surface area contributed by atoms with Crippen molar-refractivity contribution in [2.75, 3.05) is 30.8 Å². The highest BCUT2D eigenvalue weighted by molar-refractivity contribution is 6.39. The number of halogens is 2. The van der Waals surface area contributed by atoms with Gasteiger partial charge in [-0.3, -0.25) is 14.4 Å². The molecule has 1 unspecified atom stereocenters. The van der Waals surface area contributed by atoms with Gasteiger partial charge in [0.1, 0.15) is 11.9 Å². The number of hydrogen-bond acceptors (Lipinski definition) is 6. The minimum absolute atomic E-state index is 0.175. The van der Waals surface area contributed by atoms with E-state index in [2.05, 4.69) is 0 Å². The Morgan fingerprint density at radius 3 is 2.51 bits per heavy atom. The molecule has 10 heteroatoms. The number of ketones is 1. The Balaban J connectivity index is 1.68. The molecule has 0 radical (unpaired) electrons. The van der Waals surface area contributed by atoms with Gasteiger partial charge in [-0.1, -0.05) is 11.6 Å². The van der Waals surface area contributed by atoms with Gasteiger partial charge in [-0.05, 0) is 67.6 Å². The minimum Gasteiger partial charge on any atom is -0.467 e. The number of carbonyl (C=O) groups excluding carboxylic acids is 4. The molecule has 2 amide bonds. The summed E-state index contributed by atoms with van der Waals surface area (Å²) in [7, 11) is 1.23. The van der Waals surface area contributed by atoms with Gasteiger partial charge in [0.2, 0.25) is 5.78 Å². The maximum absolute atomic E-state index is 14.3. The first-order valence-electron chi connectivity index (χ1n) is 11.3. The zero-order valence-electron chi connectivity index (χ0n) is 19.1. The fourth-order valence-electron chi connectivity index (χ4n) is 4.79. The number of Topliss-reactive ketones (excluding diaryl/α,β-unsaturated/α-hetero) is 1. The summed E-state index contributed by atoms with van der Waals surface area (Å²) >= 11 is 6.25. The molecule has 35 heavy (non-hydrogen) atoms. The van der Waals surface area contributed by atoms with Crippen LogP contribution in [0.2, 0.25) is 5.02 Å². The van der Waals surface area contributed by atoms with Gasteiger partial charge >= 0.3 is 5.97 Å². The summed E-state index contributed by atoms with van der Waals surface area (Å²) in [6.45, 7) is 0.498. The van der Waals surface area contributed by atoms with E-state index >= 15 is 0 Å². The van der Waals surface area contributed by atoms with Gasteiger partial charge in [-0.2, -0.15) is 0 Å². The standard InChI is InChI=1S/C25H25ClFN3O5/c1-35-25(34)21-5-3-11-30(21)24(33)22(31)16-4-2-10-29(20-9-6-14(27)12-18(16)20)23(32)17-8-7-15(28)13-19(17)26/h6-9,12-13,16,21H,2-5,10-11,28H2,1H3/t16?,21-/m0/s1. The lowest BCUT2D eigenvalue weighted by Gasteiger charge is -2.26. The lowest BCUT2D eigenvalue weighted by molar-refractivity contribution is -0.154. The fraction of sp³-hybridized carbons (Fsp3) is 0.360. The van der Waals surface area contributed by atoms with Crippen LogP contribution in [0.3, 0.4) is 0 Å². The summed E-state index contributed by atoms with van der Waals surface area (Å²) < 4.78 is 19.1. The van der Waals surface area contributed by atoms with Crippen molar-refractivity contribution in [1.82, 2.24) is 4.90 Å². The lowest BCUT2D eigenvalue weighted by Crippen LogP contribution is -2.45. The summed E-state index contributed by atoms with van der Waals surface area (Å²) in [4.78, 5) is 54.7. The molecule has 0 spiro atoms. The van der Waals surface area contributed by atoms with Gasteiger partial charge in [0, 0.05) is 24.5 Å². The van der Waals surface area contributed by atoms with Crippen LogP contribution in [0.5, 0.6) is 0 Å². The third-order valence-corrected chi connectivity index (χ3v) is 6.83. The molecule has 184 valence electrons. The van der Waals surface area contributed by atoms with Crippen molar-refractivity contribution in [2.24, 2.45) is 0 Å². The largest absolute Gasteiger partial charge is 0.467 e. The predicted octanol–water partition coefficient (Wildman–Crippen LogP) is 3.32. The van der Waals surface area contributed by atoms with Crippen LogP contribution in [0.4, 0.5) is 15.8 Å². The molecule has 4 rings (SSSR count). The average molecular weight is 502 g/mol. The zero-order valence-corrected chi connectivity index (χ0v) is 19.9. The summed E-state index contributed by atoms with van der Waals surface area (Å²) in [5.41, 5.74) is 6.94. The van der Waals surface area contributed by atoms with Gasteiger partial charge in [0.05, 0.1) is 23.6 Å². The van der Waals surface area contributed by atoms with Crippen LogP contribution in [0, 0.1) is 5.82 Å². The molecule has 0 bridgehead atoms. The van der Waals surface area contributed by atoms with Crippen LogP contribution in [-0.4, -0.2) is 54.7 Å². The van der Waals surface area contributed by atoms with Gasteiger partial charge in [-0.15, -0.1) is 0 Å². The van der Waals surface area contributed by atoms with Crippen molar-refractivity contribution in [3.63, 3.8) is 0 Å². The van der Waals surface area contributed by atoms with Crippen LogP contribution < -0.4 is 10.6 Å². The van der Waals surface area contributed by atoms with Crippen LogP contribution in [0.15, 0.2) is 36.4 Å². The number of ether oxygens (including phenoxy) is 1. The van der Waals surface area contributed by atoms with Crippen molar-refractivity contribution >= 4 is 46.5 Å². The first-order valence-corrected chi connectivity index (χ1v) is 11.7. The first kappa shape index (κ1) is 24.7. The van der Waals surface area contributed by atoms with E-state index in [0.717, 1.165) is 0 Å². The van der Waals surface area contributed by atoms with E-state index in [4.69, 9.17) is 22.1 Å². The number of methoxy groups -OCH3 is 1.